The largest absolute Gasteiger partial charge is 0.317 e. The second kappa shape index (κ2) is 5.59. The maximum absolute atomic E-state index is 5.92. The van der Waals surface area contributed by atoms with Crippen LogP contribution in [0.5, 0.6) is 0 Å². The number of hydrogen-bond donors (Lipinski definition) is 1. The summed E-state index contributed by atoms with van der Waals surface area (Å²) < 4.78 is 0. The van der Waals surface area contributed by atoms with Gasteiger partial charge in [-0.05, 0) is 44.5 Å². The van der Waals surface area contributed by atoms with Gasteiger partial charge in [0, 0.05) is 6.04 Å². The molecule has 0 heterocycles. The number of rotatable bonds is 4. The molecule has 1 N–H and O–H groups in total. The van der Waals surface area contributed by atoms with E-state index in [0.717, 1.165) is 12.8 Å². The zero-order chi connectivity index (χ0) is 10.6. The van der Waals surface area contributed by atoms with Gasteiger partial charge in [-0.15, -0.1) is 0 Å². The number of benzene rings is 1. The van der Waals surface area contributed by atoms with Crippen molar-refractivity contribution in [3.8, 4) is 0 Å². The van der Waals surface area contributed by atoms with E-state index in [9.17, 15) is 0 Å². The van der Waals surface area contributed by atoms with Gasteiger partial charge in [-0.25, -0.2) is 0 Å². The zero-order valence-corrected chi connectivity index (χ0v) is 9.99. The van der Waals surface area contributed by atoms with Gasteiger partial charge in [0.05, 0.1) is 10.0 Å². The van der Waals surface area contributed by atoms with Gasteiger partial charge in [0.15, 0.2) is 0 Å². The van der Waals surface area contributed by atoms with Crippen LogP contribution in [0.3, 0.4) is 0 Å². The molecule has 0 amide bonds. The van der Waals surface area contributed by atoms with E-state index >= 15 is 0 Å². The highest BCUT2D eigenvalue weighted by molar-refractivity contribution is 6.42. The van der Waals surface area contributed by atoms with E-state index in [0.29, 0.717) is 16.1 Å². The molecule has 1 aromatic rings. The second-order valence-electron chi connectivity index (χ2n) is 3.48. The summed E-state index contributed by atoms with van der Waals surface area (Å²) in [6.45, 7) is 2.16. The minimum atomic E-state index is 0.532. The average Bonchev–Trinajstić information content (AvgIpc) is 2.19. The smallest absolute Gasteiger partial charge is 0.0595 e. The van der Waals surface area contributed by atoms with Crippen molar-refractivity contribution in [2.45, 2.75) is 25.8 Å². The molecule has 0 fully saturated rings. The van der Waals surface area contributed by atoms with Crippen LogP contribution in [0.2, 0.25) is 10.0 Å². The highest BCUT2D eigenvalue weighted by Crippen LogP contribution is 2.23. The fourth-order valence-corrected chi connectivity index (χ4v) is 1.54. The highest BCUT2D eigenvalue weighted by Gasteiger charge is 2.02. The van der Waals surface area contributed by atoms with E-state index in [1.165, 1.54) is 5.56 Å². The van der Waals surface area contributed by atoms with Crippen molar-refractivity contribution in [3.63, 3.8) is 0 Å². The summed E-state index contributed by atoms with van der Waals surface area (Å²) >= 11 is 11.7. The van der Waals surface area contributed by atoms with Gasteiger partial charge < -0.3 is 5.32 Å². The summed E-state index contributed by atoms with van der Waals surface area (Å²) in [5, 5.41) is 4.46. The quantitative estimate of drug-likeness (QED) is 0.837. The molecule has 3 heteroatoms. The van der Waals surface area contributed by atoms with E-state index in [-0.39, 0.29) is 0 Å². The Morgan fingerprint density at radius 1 is 1.29 bits per heavy atom. The molecular weight excluding hydrogens is 217 g/mol. The third-order valence-electron chi connectivity index (χ3n) is 2.34. The summed E-state index contributed by atoms with van der Waals surface area (Å²) in [7, 11) is 1.97. The number of nitrogens with one attached hydrogen (secondary N) is 1. The first-order valence-corrected chi connectivity index (χ1v) is 5.50. The van der Waals surface area contributed by atoms with Crippen molar-refractivity contribution < 1.29 is 0 Å². The molecular formula is C11H15Cl2N. The third-order valence-corrected chi connectivity index (χ3v) is 3.08. The molecule has 0 aliphatic heterocycles. The van der Waals surface area contributed by atoms with E-state index in [1.54, 1.807) is 0 Å². The zero-order valence-electron chi connectivity index (χ0n) is 8.48. The van der Waals surface area contributed by atoms with Gasteiger partial charge in [0.1, 0.15) is 0 Å². The van der Waals surface area contributed by atoms with Crippen molar-refractivity contribution in [1.29, 1.82) is 0 Å². The van der Waals surface area contributed by atoms with Crippen molar-refractivity contribution in [2.75, 3.05) is 7.05 Å². The lowest BCUT2D eigenvalue weighted by molar-refractivity contribution is 0.565. The third kappa shape index (κ3) is 3.49. The lowest BCUT2D eigenvalue weighted by Gasteiger charge is -2.09. The predicted octanol–water partition coefficient (Wildman–Crippen LogP) is 3.53. The minimum absolute atomic E-state index is 0.532. The Balaban J connectivity index is 2.55. The maximum Gasteiger partial charge on any atom is 0.0595 e. The molecule has 0 aliphatic rings. The van der Waals surface area contributed by atoms with Crippen LogP contribution >= 0.6 is 23.2 Å². The van der Waals surface area contributed by atoms with Crippen LogP contribution < -0.4 is 5.32 Å². The molecule has 0 spiro atoms. The SMILES string of the molecule is CN[C@H](C)CCc1ccc(Cl)c(Cl)c1. The van der Waals surface area contributed by atoms with Gasteiger partial charge in [0.2, 0.25) is 0 Å². The van der Waals surface area contributed by atoms with Crippen molar-refractivity contribution in [1.82, 2.24) is 5.32 Å². The molecule has 1 atom stereocenters. The Hall–Kier alpha value is -0.240. The van der Waals surface area contributed by atoms with Crippen LogP contribution in [0.1, 0.15) is 18.9 Å². The maximum atomic E-state index is 5.92. The van der Waals surface area contributed by atoms with Crippen molar-refractivity contribution >= 4 is 23.2 Å². The van der Waals surface area contributed by atoms with E-state index in [1.807, 2.05) is 25.2 Å². The molecule has 1 nitrogen and oxygen atoms in total. The van der Waals surface area contributed by atoms with Crippen LogP contribution in [0.25, 0.3) is 0 Å². The van der Waals surface area contributed by atoms with Gasteiger partial charge in [-0.3, -0.25) is 0 Å². The lowest BCUT2D eigenvalue weighted by Crippen LogP contribution is -2.21. The molecule has 0 aliphatic carbocycles. The monoisotopic (exact) mass is 231 g/mol. The van der Waals surface area contributed by atoms with Gasteiger partial charge >= 0.3 is 0 Å². The first kappa shape index (κ1) is 11.8. The predicted molar refractivity (Wildman–Crippen MR) is 63.3 cm³/mol. The number of aryl methyl sites for hydroxylation is 1. The Morgan fingerprint density at radius 3 is 2.57 bits per heavy atom. The molecule has 1 aromatic carbocycles. The molecule has 0 unspecified atom stereocenters. The summed E-state index contributed by atoms with van der Waals surface area (Å²) in [5.41, 5.74) is 1.24. The molecule has 0 saturated carbocycles. The van der Waals surface area contributed by atoms with Crippen molar-refractivity contribution in [3.05, 3.63) is 33.8 Å². The van der Waals surface area contributed by atoms with Crippen LogP contribution in [-0.2, 0) is 6.42 Å². The fourth-order valence-electron chi connectivity index (χ4n) is 1.22. The second-order valence-corrected chi connectivity index (χ2v) is 4.29. The summed E-state index contributed by atoms with van der Waals surface area (Å²) in [4.78, 5) is 0. The van der Waals surface area contributed by atoms with Gasteiger partial charge in [-0.2, -0.15) is 0 Å². The molecule has 0 saturated heterocycles. The first-order chi connectivity index (χ1) is 6.63. The molecule has 0 aromatic heterocycles. The fraction of sp³-hybridized carbons (Fsp3) is 0.455. The summed E-state index contributed by atoms with van der Waals surface area (Å²) in [6.07, 6.45) is 2.13. The van der Waals surface area contributed by atoms with E-state index in [4.69, 9.17) is 23.2 Å². The Kier molecular flexibility index (Phi) is 4.73. The first-order valence-electron chi connectivity index (χ1n) is 4.74. The molecule has 1 rings (SSSR count). The Morgan fingerprint density at radius 2 is 2.00 bits per heavy atom. The minimum Gasteiger partial charge on any atom is -0.317 e. The summed E-state index contributed by atoms with van der Waals surface area (Å²) in [5.74, 6) is 0. The summed E-state index contributed by atoms with van der Waals surface area (Å²) in [6, 6.07) is 6.34. The number of hydrogen-bond acceptors (Lipinski definition) is 1. The van der Waals surface area contributed by atoms with E-state index < -0.39 is 0 Å². The number of halogens is 2. The average molecular weight is 232 g/mol. The van der Waals surface area contributed by atoms with Crippen LogP contribution in [0, 0.1) is 0 Å². The Labute approximate surface area is 95.4 Å². The molecule has 78 valence electrons. The van der Waals surface area contributed by atoms with Crippen molar-refractivity contribution in [2.24, 2.45) is 0 Å². The lowest BCUT2D eigenvalue weighted by atomic mass is 10.1. The van der Waals surface area contributed by atoms with Crippen LogP contribution in [-0.4, -0.2) is 13.1 Å². The molecule has 0 radical (unpaired) electrons. The van der Waals surface area contributed by atoms with E-state index in [2.05, 4.69) is 12.2 Å². The molecule has 0 bridgehead atoms. The van der Waals surface area contributed by atoms with Gasteiger partial charge in [0.25, 0.3) is 0 Å². The Bertz CT molecular complexity index is 299. The van der Waals surface area contributed by atoms with Crippen LogP contribution in [0.15, 0.2) is 18.2 Å². The normalized spacial score (nSPS) is 12.9. The highest BCUT2D eigenvalue weighted by atomic mass is 35.5. The topological polar surface area (TPSA) is 12.0 Å². The molecule has 14 heavy (non-hydrogen) atoms. The van der Waals surface area contributed by atoms with Gasteiger partial charge in [-0.1, -0.05) is 29.3 Å². The standard InChI is InChI=1S/C11H15Cl2N/c1-8(14-2)3-4-9-5-6-10(12)11(13)7-9/h5-8,14H,3-4H2,1-2H3/t8-/m1/s1. The van der Waals surface area contributed by atoms with Crippen LogP contribution in [0.4, 0.5) is 0 Å².